The van der Waals surface area contributed by atoms with Crippen LogP contribution in [-0.2, 0) is 13.1 Å². The van der Waals surface area contributed by atoms with E-state index in [-0.39, 0.29) is 0 Å². The molecule has 0 saturated heterocycles. The third-order valence-corrected chi connectivity index (χ3v) is 3.81. The Morgan fingerprint density at radius 3 is 2.74 bits per heavy atom. The van der Waals surface area contributed by atoms with Gasteiger partial charge in [0.1, 0.15) is 0 Å². The van der Waals surface area contributed by atoms with Crippen LogP contribution in [0.3, 0.4) is 0 Å². The van der Waals surface area contributed by atoms with Gasteiger partial charge in [-0.05, 0) is 43.3 Å². The topological polar surface area (TPSA) is 29.9 Å². The predicted molar refractivity (Wildman–Crippen MR) is 81.4 cm³/mol. The summed E-state index contributed by atoms with van der Waals surface area (Å²) in [4.78, 5) is 5.36. The lowest BCUT2D eigenvalue weighted by Crippen LogP contribution is -2.15. The molecule has 1 N–H and O–H groups in total. The monoisotopic (exact) mass is 275 g/mol. The molecule has 0 radical (unpaired) electrons. The molecule has 0 saturated carbocycles. The minimum Gasteiger partial charge on any atom is -0.337 e. The number of hydrogen-bond acceptors (Lipinski definition) is 3. The van der Waals surface area contributed by atoms with E-state index < -0.39 is 0 Å². The first kappa shape index (κ1) is 14.2. The fourth-order valence-electron chi connectivity index (χ4n) is 1.94. The number of aryl methyl sites for hydroxylation is 1. The van der Waals surface area contributed by atoms with Gasteiger partial charge in [0.25, 0.3) is 0 Å². The van der Waals surface area contributed by atoms with Gasteiger partial charge in [0.2, 0.25) is 0 Å². The van der Waals surface area contributed by atoms with Crippen LogP contribution in [0.15, 0.2) is 47.9 Å². The molecule has 0 fully saturated rings. The second-order valence-corrected chi connectivity index (χ2v) is 5.41. The van der Waals surface area contributed by atoms with Crippen LogP contribution in [0.1, 0.15) is 18.4 Å². The van der Waals surface area contributed by atoms with E-state index >= 15 is 0 Å². The number of thioether (sulfide) groups is 1. The van der Waals surface area contributed by atoms with Crippen LogP contribution in [-0.4, -0.2) is 22.4 Å². The SMILES string of the molecule is CSc1ccc(CNCCCCn2ccnc2)cc1. The zero-order chi connectivity index (χ0) is 13.3. The number of rotatable bonds is 8. The molecule has 0 unspecified atom stereocenters. The highest BCUT2D eigenvalue weighted by Gasteiger charge is 1.94. The zero-order valence-corrected chi connectivity index (χ0v) is 12.2. The van der Waals surface area contributed by atoms with Crippen molar-refractivity contribution >= 4 is 11.8 Å². The Kier molecular flexibility index (Phi) is 5.98. The number of aromatic nitrogens is 2. The second-order valence-electron chi connectivity index (χ2n) is 4.53. The Morgan fingerprint density at radius 1 is 1.21 bits per heavy atom. The number of benzene rings is 1. The average molecular weight is 275 g/mol. The maximum absolute atomic E-state index is 4.04. The van der Waals surface area contributed by atoms with Gasteiger partial charge in [-0.15, -0.1) is 11.8 Å². The molecule has 1 heterocycles. The number of hydrogen-bond donors (Lipinski definition) is 1. The molecule has 1 aromatic heterocycles. The van der Waals surface area contributed by atoms with Crippen LogP contribution in [0, 0.1) is 0 Å². The molecule has 0 aliphatic heterocycles. The van der Waals surface area contributed by atoms with E-state index in [9.17, 15) is 0 Å². The van der Waals surface area contributed by atoms with Crippen molar-refractivity contribution in [1.29, 1.82) is 0 Å². The van der Waals surface area contributed by atoms with Crippen LogP contribution in [0.5, 0.6) is 0 Å². The summed E-state index contributed by atoms with van der Waals surface area (Å²) >= 11 is 1.78. The molecule has 2 aromatic rings. The third kappa shape index (κ3) is 5.09. The largest absolute Gasteiger partial charge is 0.337 e. The molecule has 19 heavy (non-hydrogen) atoms. The number of nitrogens with zero attached hydrogens (tertiary/aromatic N) is 2. The average Bonchev–Trinajstić information content (AvgIpc) is 2.96. The molecule has 0 bridgehead atoms. The van der Waals surface area contributed by atoms with Crippen molar-refractivity contribution in [2.24, 2.45) is 0 Å². The summed E-state index contributed by atoms with van der Waals surface area (Å²) in [6, 6.07) is 8.76. The maximum Gasteiger partial charge on any atom is 0.0945 e. The fourth-order valence-corrected chi connectivity index (χ4v) is 2.35. The lowest BCUT2D eigenvalue weighted by Gasteiger charge is -2.06. The third-order valence-electron chi connectivity index (χ3n) is 3.07. The molecule has 0 atom stereocenters. The van der Waals surface area contributed by atoms with Gasteiger partial charge in [-0.2, -0.15) is 0 Å². The summed E-state index contributed by atoms with van der Waals surface area (Å²) < 4.78 is 2.13. The second kappa shape index (κ2) is 8.02. The maximum atomic E-state index is 4.04. The molecule has 102 valence electrons. The molecule has 1 aromatic carbocycles. The molecule has 0 spiro atoms. The van der Waals surface area contributed by atoms with Gasteiger partial charge in [0, 0.05) is 30.4 Å². The molecule has 4 heteroatoms. The van der Waals surface area contributed by atoms with Crippen molar-refractivity contribution in [3.8, 4) is 0 Å². The van der Waals surface area contributed by atoms with Gasteiger partial charge < -0.3 is 9.88 Å². The molecular formula is C15H21N3S. The molecule has 0 aliphatic carbocycles. The Balaban J connectivity index is 1.56. The highest BCUT2D eigenvalue weighted by molar-refractivity contribution is 7.98. The first-order valence-corrected chi connectivity index (χ1v) is 7.90. The van der Waals surface area contributed by atoms with Crippen LogP contribution in [0.2, 0.25) is 0 Å². The standard InChI is InChI=1S/C15H21N3S/c1-19-15-6-4-14(5-7-15)12-16-8-2-3-10-18-11-9-17-13-18/h4-7,9,11,13,16H,2-3,8,10,12H2,1H3. The van der Waals surface area contributed by atoms with Crippen molar-refractivity contribution in [3.05, 3.63) is 48.5 Å². The summed E-state index contributed by atoms with van der Waals surface area (Å²) in [6.45, 7) is 3.09. The Morgan fingerprint density at radius 2 is 2.05 bits per heavy atom. The van der Waals surface area contributed by atoms with Gasteiger partial charge in [-0.1, -0.05) is 12.1 Å². The van der Waals surface area contributed by atoms with Gasteiger partial charge in [-0.25, -0.2) is 4.98 Å². The Hall–Kier alpha value is -1.26. The number of imidazole rings is 1. The Bertz CT molecular complexity index is 451. The van der Waals surface area contributed by atoms with E-state index in [0.717, 1.165) is 19.6 Å². The van der Waals surface area contributed by atoms with Crippen LogP contribution >= 0.6 is 11.8 Å². The van der Waals surface area contributed by atoms with Crippen LogP contribution in [0.25, 0.3) is 0 Å². The van der Waals surface area contributed by atoms with E-state index in [0.29, 0.717) is 0 Å². The van der Waals surface area contributed by atoms with Crippen LogP contribution in [0.4, 0.5) is 0 Å². The lowest BCUT2D eigenvalue weighted by molar-refractivity contribution is 0.568. The minimum absolute atomic E-state index is 0.958. The molecule has 2 rings (SSSR count). The quantitative estimate of drug-likeness (QED) is 0.593. The van der Waals surface area contributed by atoms with Gasteiger partial charge in [0.15, 0.2) is 0 Å². The van der Waals surface area contributed by atoms with Crippen molar-refractivity contribution in [2.45, 2.75) is 30.8 Å². The smallest absolute Gasteiger partial charge is 0.0945 e. The molecule has 0 amide bonds. The summed E-state index contributed by atoms with van der Waals surface area (Å²) in [7, 11) is 0. The van der Waals surface area contributed by atoms with Gasteiger partial charge in [0.05, 0.1) is 6.33 Å². The summed E-state index contributed by atoms with van der Waals surface area (Å²) in [5.74, 6) is 0. The fraction of sp³-hybridized carbons (Fsp3) is 0.400. The van der Waals surface area contributed by atoms with E-state index in [1.165, 1.54) is 23.3 Å². The molecule has 0 aliphatic rings. The summed E-state index contributed by atoms with van der Waals surface area (Å²) in [5.41, 5.74) is 1.35. The lowest BCUT2D eigenvalue weighted by atomic mass is 10.2. The van der Waals surface area contributed by atoms with E-state index in [2.05, 4.69) is 45.4 Å². The van der Waals surface area contributed by atoms with E-state index in [1.54, 1.807) is 11.8 Å². The van der Waals surface area contributed by atoms with E-state index in [1.807, 2.05) is 18.7 Å². The van der Waals surface area contributed by atoms with Crippen molar-refractivity contribution in [2.75, 3.05) is 12.8 Å². The van der Waals surface area contributed by atoms with Crippen molar-refractivity contribution in [3.63, 3.8) is 0 Å². The van der Waals surface area contributed by atoms with Crippen molar-refractivity contribution in [1.82, 2.24) is 14.9 Å². The highest BCUT2D eigenvalue weighted by atomic mass is 32.2. The molecular weight excluding hydrogens is 254 g/mol. The highest BCUT2D eigenvalue weighted by Crippen LogP contribution is 2.14. The first-order valence-electron chi connectivity index (χ1n) is 6.68. The van der Waals surface area contributed by atoms with Crippen molar-refractivity contribution < 1.29 is 0 Å². The summed E-state index contributed by atoms with van der Waals surface area (Å²) in [6.07, 6.45) is 10.2. The van der Waals surface area contributed by atoms with Gasteiger partial charge >= 0.3 is 0 Å². The number of nitrogens with one attached hydrogen (secondary N) is 1. The van der Waals surface area contributed by atoms with Crippen LogP contribution < -0.4 is 5.32 Å². The predicted octanol–water partition coefficient (Wildman–Crippen LogP) is 3.18. The number of unbranched alkanes of at least 4 members (excludes halogenated alkanes) is 1. The zero-order valence-electron chi connectivity index (χ0n) is 11.4. The Labute approximate surface area is 119 Å². The summed E-state index contributed by atoms with van der Waals surface area (Å²) in [5, 5.41) is 3.49. The molecule has 3 nitrogen and oxygen atoms in total. The normalized spacial score (nSPS) is 10.8. The first-order chi connectivity index (χ1) is 9.38. The van der Waals surface area contributed by atoms with E-state index in [4.69, 9.17) is 0 Å². The minimum atomic E-state index is 0.958. The van der Waals surface area contributed by atoms with Gasteiger partial charge in [-0.3, -0.25) is 0 Å².